The molecular formula is C14H19NO. The maximum atomic E-state index is 10.6. The van der Waals surface area contributed by atoms with Crippen LogP contribution in [0.5, 0.6) is 0 Å². The van der Waals surface area contributed by atoms with E-state index in [0.29, 0.717) is 0 Å². The van der Waals surface area contributed by atoms with Crippen LogP contribution in [0, 0.1) is 0 Å². The van der Waals surface area contributed by atoms with Gasteiger partial charge in [0, 0.05) is 6.54 Å². The van der Waals surface area contributed by atoms with Gasteiger partial charge < -0.3 is 5.11 Å². The Morgan fingerprint density at radius 3 is 2.44 bits per heavy atom. The molecule has 0 radical (unpaired) electrons. The van der Waals surface area contributed by atoms with Crippen LogP contribution >= 0.6 is 0 Å². The van der Waals surface area contributed by atoms with Crippen molar-refractivity contribution in [2.45, 2.75) is 38.2 Å². The molecule has 0 aliphatic heterocycles. The van der Waals surface area contributed by atoms with Gasteiger partial charge in [-0.15, -0.1) is 0 Å². The van der Waals surface area contributed by atoms with Crippen LogP contribution in [-0.2, 0) is 0 Å². The van der Waals surface area contributed by atoms with Gasteiger partial charge in [0.25, 0.3) is 0 Å². The molecule has 1 saturated carbocycles. The van der Waals surface area contributed by atoms with Gasteiger partial charge in [-0.1, -0.05) is 43.2 Å². The molecule has 0 spiro atoms. The van der Waals surface area contributed by atoms with E-state index < -0.39 is 5.60 Å². The Morgan fingerprint density at radius 2 is 1.88 bits per heavy atom. The van der Waals surface area contributed by atoms with Crippen LogP contribution in [-0.4, -0.2) is 23.0 Å². The van der Waals surface area contributed by atoms with Crippen LogP contribution in [0.15, 0.2) is 35.3 Å². The lowest BCUT2D eigenvalue weighted by Gasteiger charge is -2.24. The highest BCUT2D eigenvalue weighted by Gasteiger charge is 2.36. The molecule has 0 heterocycles. The summed E-state index contributed by atoms with van der Waals surface area (Å²) < 4.78 is 0. The molecule has 2 rings (SSSR count). The first-order chi connectivity index (χ1) is 7.76. The van der Waals surface area contributed by atoms with Gasteiger partial charge in [-0.3, -0.25) is 4.99 Å². The third-order valence-corrected chi connectivity index (χ3v) is 3.23. The zero-order valence-electron chi connectivity index (χ0n) is 9.82. The molecule has 1 aromatic rings. The van der Waals surface area contributed by atoms with Crippen molar-refractivity contribution >= 4 is 5.71 Å². The van der Waals surface area contributed by atoms with E-state index in [-0.39, 0.29) is 0 Å². The second kappa shape index (κ2) is 4.79. The van der Waals surface area contributed by atoms with E-state index in [1.165, 1.54) is 0 Å². The highest BCUT2D eigenvalue weighted by molar-refractivity contribution is 6.06. The van der Waals surface area contributed by atoms with Gasteiger partial charge in [-0.2, -0.15) is 0 Å². The van der Waals surface area contributed by atoms with Gasteiger partial charge in [0.05, 0.1) is 5.71 Å². The van der Waals surface area contributed by atoms with E-state index in [1.807, 2.05) is 37.3 Å². The fraction of sp³-hybridized carbons (Fsp3) is 0.500. The molecule has 1 aromatic carbocycles. The summed E-state index contributed by atoms with van der Waals surface area (Å²) in [5, 5.41) is 10.6. The first-order valence-corrected chi connectivity index (χ1v) is 6.09. The van der Waals surface area contributed by atoms with Crippen LogP contribution in [0.2, 0.25) is 0 Å². The van der Waals surface area contributed by atoms with Gasteiger partial charge in [-0.05, 0) is 25.3 Å². The Bertz CT molecular complexity index is 364. The Balaban J connectivity index is 2.35. The first-order valence-electron chi connectivity index (χ1n) is 6.09. The molecule has 86 valence electrons. The maximum absolute atomic E-state index is 10.6. The van der Waals surface area contributed by atoms with E-state index in [9.17, 15) is 5.11 Å². The summed E-state index contributed by atoms with van der Waals surface area (Å²) in [5.74, 6) is 0. The number of nitrogens with zero attached hydrogens (tertiary/aromatic N) is 1. The fourth-order valence-corrected chi connectivity index (χ4v) is 2.46. The third kappa shape index (κ3) is 2.17. The minimum absolute atomic E-state index is 0.683. The van der Waals surface area contributed by atoms with E-state index >= 15 is 0 Å². The van der Waals surface area contributed by atoms with Crippen LogP contribution in [0.3, 0.4) is 0 Å². The molecule has 0 saturated heterocycles. The molecule has 1 aliphatic carbocycles. The number of hydrogen-bond donors (Lipinski definition) is 1. The van der Waals surface area contributed by atoms with E-state index in [2.05, 4.69) is 4.99 Å². The van der Waals surface area contributed by atoms with Crippen molar-refractivity contribution in [3.63, 3.8) is 0 Å². The topological polar surface area (TPSA) is 32.6 Å². The Kier molecular flexibility index (Phi) is 3.39. The maximum Gasteiger partial charge on any atom is 0.107 e. The molecule has 1 N–H and O–H groups in total. The minimum Gasteiger partial charge on any atom is -0.384 e. The number of aliphatic imine (C=N–C) groups is 1. The molecular weight excluding hydrogens is 198 g/mol. The quantitative estimate of drug-likeness (QED) is 0.776. The van der Waals surface area contributed by atoms with Gasteiger partial charge in [0.2, 0.25) is 0 Å². The summed E-state index contributed by atoms with van der Waals surface area (Å²) in [4.78, 5) is 4.51. The van der Waals surface area contributed by atoms with Crippen molar-refractivity contribution in [1.29, 1.82) is 0 Å². The molecule has 1 aliphatic rings. The van der Waals surface area contributed by atoms with Crippen molar-refractivity contribution in [1.82, 2.24) is 0 Å². The summed E-state index contributed by atoms with van der Waals surface area (Å²) in [6.07, 6.45) is 3.90. The molecule has 0 unspecified atom stereocenters. The summed E-state index contributed by atoms with van der Waals surface area (Å²) in [5.41, 5.74) is 1.26. The molecule has 0 aromatic heterocycles. The zero-order valence-corrected chi connectivity index (χ0v) is 9.82. The van der Waals surface area contributed by atoms with Gasteiger partial charge in [0.1, 0.15) is 5.60 Å². The second-order valence-electron chi connectivity index (χ2n) is 4.43. The lowest BCUT2D eigenvalue weighted by atomic mass is 9.90. The molecule has 2 nitrogen and oxygen atoms in total. The summed E-state index contributed by atoms with van der Waals surface area (Å²) in [7, 11) is 0. The fourth-order valence-electron chi connectivity index (χ4n) is 2.46. The van der Waals surface area contributed by atoms with Gasteiger partial charge in [-0.25, -0.2) is 0 Å². The van der Waals surface area contributed by atoms with Gasteiger partial charge in [0.15, 0.2) is 0 Å². The lowest BCUT2D eigenvalue weighted by molar-refractivity contribution is 0.120. The van der Waals surface area contributed by atoms with Crippen molar-refractivity contribution in [3.05, 3.63) is 35.9 Å². The number of hydrogen-bond acceptors (Lipinski definition) is 2. The highest BCUT2D eigenvalue weighted by Crippen LogP contribution is 2.33. The SMILES string of the molecule is CCN=C(c1ccccc1)C1(O)CCCC1. The predicted molar refractivity (Wildman–Crippen MR) is 66.9 cm³/mol. The van der Waals surface area contributed by atoms with Crippen molar-refractivity contribution in [2.24, 2.45) is 4.99 Å². The second-order valence-corrected chi connectivity index (χ2v) is 4.43. The molecule has 2 heteroatoms. The van der Waals surface area contributed by atoms with Crippen LogP contribution in [0.1, 0.15) is 38.2 Å². The number of rotatable bonds is 3. The average molecular weight is 217 g/mol. The molecule has 0 atom stereocenters. The smallest absolute Gasteiger partial charge is 0.107 e. The minimum atomic E-state index is -0.683. The lowest BCUT2D eigenvalue weighted by Crippen LogP contribution is -2.36. The molecule has 1 fully saturated rings. The largest absolute Gasteiger partial charge is 0.384 e. The van der Waals surface area contributed by atoms with Crippen molar-refractivity contribution in [2.75, 3.05) is 6.54 Å². The Labute approximate surface area is 97.0 Å². The Morgan fingerprint density at radius 1 is 1.25 bits per heavy atom. The first kappa shape index (κ1) is 11.3. The normalized spacial score (nSPS) is 20.0. The number of aliphatic hydroxyl groups is 1. The molecule has 16 heavy (non-hydrogen) atoms. The highest BCUT2D eigenvalue weighted by atomic mass is 16.3. The zero-order chi connectivity index (χ0) is 11.4. The van der Waals surface area contributed by atoms with E-state index in [1.54, 1.807) is 0 Å². The van der Waals surface area contributed by atoms with Crippen LogP contribution in [0.25, 0.3) is 0 Å². The summed E-state index contributed by atoms with van der Waals surface area (Å²) in [6, 6.07) is 10.1. The average Bonchev–Trinajstić information content (AvgIpc) is 2.75. The van der Waals surface area contributed by atoms with Gasteiger partial charge >= 0.3 is 0 Å². The monoisotopic (exact) mass is 217 g/mol. The molecule has 0 amide bonds. The molecule has 0 bridgehead atoms. The predicted octanol–water partition coefficient (Wildman–Crippen LogP) is 2.80. The summed E-state index contributed by atoms with van der Waals surface area (Å²) >= 11 is 0. The standard InChI is InChI=1S/C14H19NO/c1-2-15-13(12-8-4-3-5-9-12)14(16)10-6-7-11-14/h3-5,8-9,16H,2,6-7,10-11H2,1H3. The van der Waals surface area contributed by atoms with Crippen LogP contribution < -0.4 is 0 Å². The van der Waals surface area contributed by atoms with E-state index in [4.69, 9.17) is 0 Å². The van der Waals surface area contributed by atoms with E-state index in [0.717, 1.165) is 43.5 Å². The van der Waals surface area contributed by atoms with Crippen molar-refractivity contribution in [3.8, 4) is 0 Å². The Hall–Kier alpha value is -1.15. The number of benzene rings is 1. The van der Waals surface area contributed by atoms with Crippen LogP contribution in [0.4, 0.5) is 0 Å². The summed E-state index contributed by atoms with van der Waals surface area (Å²) in [6.45, 7) is 2.74. The third-order valence-electron chi connectivity index (χ3n) is 3.23. The van der Waals surface area contributed by atoms with Crippen molar-refractivity contribution < 1.29 is 5.11 Å².